The molecular weight excluding hydrogens is 288 g/mol. The molecule has 0 aliphatic carbocycles. The summed E-state index contributed by atoms with van der Waals surface area (Å²) >= 11 is 0. The first-order valence-corrected chi connectivity index (χ1v) is 4.94. The summed E-state index contributed by atoms with van der Waals surface area (Å²) in [6.07, 6.45) is -5.24. The van der Waals surface area contributed by atoms with Gasteiger partial charge in [-0.2, -0.15) is 13.2 Å². The molecule has 1 rings (SSSR count). The van der Waals surface area contributed by atoms with Crippen LogP contribution >= 0.6 is 0 Å². The summed E-state index contributed by atoms with van der Waals surface area (Å²) < 4.78 is 49.2. The number of amides is 1. The minimum absolute atomic E-state index is 0.469. The topological polar surface area (TPSA) is 89.3 Å². The van der Waals surface area contributed by atoms with E-state index in [4.69, 9.17) is 0 Å². The lowest BCUT2D eigenvalue weighted by Gasteiger charge is -2.11. The molecular formula is C10H6F4N2O4. The van der Waals surface area contributed by atoms with Crippen LogP contribution in [0.2, 0.25) is 0 Å². The van der Waals surface area contributed by atoms with Crippen LogP contribution < -0.4 is 5.32 Å². The Bertz CT molecular complexity index is 571. The summed E-state index contributed by atoms with van der Waals surface area (Å²) in [5.74, 6) is -4.59. The molecule has 1 aromatic rings. The smallest absolute Gasteiger partial charge is 0.317 e. The van der Waals surface area contributed by atoms with Crippen molar-refractivity contribution in [2.75, 3.05) is 11.9 Å². The number of alkyl halides is 3. The highest BCUT2D eigenvalue weighted by molar-refractivity contribution is 6.06. The Hall–Kier alpha value is -2.52. The average molecular weight is 294 g/mol. The molecule has 0 fully saturated rings. The molecule has 20 heavy (non-hydrogen) atoms. The van der Waals surface area contributed by atoms with Gasteiger partial charge in [0.1, 0.15) is 5.82 Å². The average Bonchev–Trinajstić information content (AvgIpc) is 2.26. The Morgan fingerprint density at radius 1 is 1.30 bits per heavy atom. The minimum atomic E-state index is -5.24. The van der Waals surface area contributed by atoms with Crippen LogP contribution in [0.5, 0.6) is 0 Å². The second-order valence-electron chi connectivity index (χ2n) is 3.56. The van der Waals surface area contributed by atoms with Crippen molar-refractivity contribution in [2.45, 2.75) is 6.18 Å². The molecule has 0 aliphatic heterocycles. The first-order valence-electron chi connectivity index (χ1n) is 4.94. The van der Waals surface area contributed by atoms with Gasteiger partial charge in [0.25, 0.3) is 6.54 Å². The van der Waals surface area contributed by atoms with Gasteiger partial charge in [0.15, 0.2) is 0 Å². The highest BCUT2D eigenvalue weighted by atomic mass is 19.4. The lowest BCUT2D eigenvalue weighted by molar-refractivity contribution is -0.465. The summed E-state index contributed by atoms with van der Waals surface area (Å²) in [6, 6.07) is 1.96. The molecule has 0 aromatic heterocycles. The zero-order valence-corrected chi connectivity index (χ0v) is 9.53. The SMILES string of the molecule is O=C(C[N+](=O)[O-])c1ccc(F)cc1NC(=O)C(F)(F)F. The number of halogens is 4. The molecule has 0 spiro atoms. The molecule has 0 saturated carbocycles. The van der Waals surface area contributed by atoms with Crippen molar-refractivity contribution >= 4 is 17.4 Å². The summed E-state index contributed by atoms with van der Waals surface area (Å²) in [4.78, 5) is 31.3. The van der Waals surface area contributed by atoms with Crippen LogP contribution in [-0.2, 0) is 4.79 Å². The number of anilines is 1. The zero-order valence-electron chi connectivity index (χ0n) is 9.53. The first kappa shape index (κ1) is 15.5. The predicted molar refractivity (Wildman–Crippen MR) is 57.3 cm³/mol. The molecule has 0 unspecified atom stereocenters. The molecule has 0 bridgehead atoms. The number of rotatable bonds is 4. The standard InChI is InChI=1S/C10H6F4N2O4/c11-5-1-2-6(8(17)4-16(19)20)7(3-5)15-9(18)10(12,13)14/h1-3H,4H2,(H,15,18). The second-order valence-corrected chi connectivity index (χ2v) is 3.56. The highest BCUT2D eigenvalue weighted by Gasteiger charge is 2.39. The summed E-state index contributed by atoms with van der Waals surface area (Å²) in [5, 5.41) is 11.5. The van der Waals surface area contributed by atoms with Gasteiger partial charge in [-0.15, -0.1) is 0 Å². The van der Waals surface area contributed by atoms with Crippen LogP contribution in [0.25, 0.3) is 0 Å². The Kier molecular flexibility index (Phi) is 4.38. The molecule has 10 heteroatoms. The monoisotopic (exact) mass is 294 g/mol. The highest BCUT2D eigenvalue weighted by Crippen LogP contribution is 2.22. The maximum Gasteiger partial charge on any atom is 0.471 e. The maximum atomic E-state index is 12.9. The quantitative estimate of drug-likeness (QED) is 0.397. The van der Waals surface area contributed by atoms with Crippen molar-refractivity contribution in [2.24, 2.45) is 0 Å². The van der Waals surface area contributed by atoms with Crippen LogP contribution in [-0.4, -0.2) is 29.3 Å². The van der Waals surface area contributed by atoms with Crippen LogP contribution in [0.3, 0.4) is 0 Å². The molecule has 1 aromatic carbocycles. The number of nitrogens with zero attached hydrogens (tertiary/aromatic N) is 1. The van der Waals surface area contributed by atoms with Gasteiger partial charge in [-0.05, 0) is 18.2 Å². The van der Waals surface area contributed by atoms with E-state index in [-0.39, 0.29) is 0 Å². The number of hydrogen-bond acceptors (Lipinski definition) is 4. The van der Waals surface area contributed by atoms with Crippen molar-refractivity contribution in [1.29, 1.82) is 0 Å². The van der Waals surface area contributed by atoms with Crippen molar-refractivity contribution in [1.82, 2.24) is 0 Å². The minimum Gasteiger partial charge on any atom is -0.317 e. The van der Waals surface area contributed by atoms with Crippen LogP contribution in [0.1, 0.15) is 10.4 Å². The Labute approximate surface area is 108 Å². The van der Waals surface area contributed by atoms with Crippen LogP contribution in [0.4, 0.5) is 23.2 Å². The van der Waals surface area contributed by atoms with Crippen molar-refractivity contribution in [3.63, 3.8) is 0 Å². The number of Topliss-reactive ketones (excluding diaryl/α,β-unsaturated/α-hetero) is 1. The van der Waals surface area contributed by atoms with Crippen LogP contribution in [0.15, 0.2) is 18.2 Å². The van der Waals surface area contributed by atoms with Crippen LogP contribution in [0, 0.1) is 15.9 Å². The van der Waals surface area contributed by atoms with Gasteiger partial charge in [-0.1, -0.05) is 0 Å². The van der Waals surface area contributed by atoms with E-state index in [1.54, 1.807) is 0 Å². The number of nitrogens with one attached hydrogen (secondary N) is 1. The van der Waals surface area contributed by atoms with Crippen molar-refractivity contribution in [3.05, 3.63) is 39.7 Å². The number of nitro groups is 1. The summed E-state index contributed by atoms with van der Waals surface area (Å²) in [6.45, 7) is -1.19. The molecule has 0 saturated heterocycles. The second kappa shape index (κ2) is 5.63. The maximum absolute atomic E-state index is 12.9. The molecule has 0 radical (unpaired) electrons. The van der Waals surface area contributed by atoms with E-state index >= 15 is 0 Å². The number of benzene rings is 1. The summed E-state index contributed by atoms with van der Waals surface area (Å²) in [5.41, 5.74) is -1.36. The van der Waals surface area contributed by atoms with Gasteiger partial charge in [0.2, 0.25) is 5.78 Å². The lowest BCUT2D eigenvalue weighted by atomic mass is 10.1. The summed E-state index contributed by atoms with van der Waals surface area (Å²) in [7, 11) is 0. The third-order valence-corrected chi connectivity index (χ3v) is 2.06. The van der Waals surface area contributed by atoms with Gasteiger partial charge in [0.05, 0.1) is 5.69 Å². The normalized spacial score (nSPS) is 11.0. The van der Waals surface area contributed by atoms with E-state index in [9.17, 15) is 37.3 Å². The van der Waals surface area contributed by atoms with Gasteiger partial charge >= 0.3 is 12.1 Å². The number of hydrogen-bond donors (Lipinski definition) is 1. The number of ketones is 1. The molecule has 0 heterocycles. The van der Waals surface area contributed by atoms with E-state index in [1.165, 1.54) is 5.32 Å². The van der Waals surface area contributed by atoms with Crippen molar-refractivity contribution in [3.8, 4) is 0 Å². The van der Waals surface area contributed by atoms with E-state index < -0.39 is 46.4 Å². The Morgan fingerprint density at radius 2 is 1.90 bits per heavy atom. The molecule has 0 atom stereocenters. The van der Waals surface area contributed by atoms with Gasteiger partial charge in [-0.25, -0.2) is 4.39 Å². The largest absolute Gasteiger partial charge is 0.471 e. The molecule has 6 nitrogen and oxygen atoms in total. The first-order chi connectivity index (χ1) is 9.11. The van der Waals surface area contributed by atoms with Gasteiger partial charge in [0, 0.05) is 10.5 Å². The third kappa shape index (κ3) is 4.00. The fraction of sp³-hybridized carbons (Fsp3) is 0.200. The van der Waals surface area contributed by atoms with Gasteiger partial charge in [-0.3, -0.25) is 19.7 Å². The third-order valence-electron chi connectivity index (χ3n) is 2.06. The number of carbonyl (C=O) groups excluding carboxylic acids is 2. The van der Waals surface area contributed by atoms with E-state index in [0.29, 0.717) is 6.07 Å². The zero-order chi connectivity index (χ0) is 15.5. The van der Waals surface area contributed by atoms with E-state index in [1.807, 2.05) is 0 Å². The molecule has 0 aliphatic rings. The lowest BCUT2D eigenvalue weighted by Crippen LogP contribution is -2.31. The fourth-order valence-electron chi connectivity index (χ4n) is 1.26. The molecule has 1 amide bonds. The van der Waals surface area contributed by atoms with Gasteiger partial charge < -0.3 is 5.32 Å². The Balaban J connectivity index is 3.11. The molecule has 108 valence electrons. The fourth-order valence-corrected chi connectivity index (χ4v) is 1.26. The van der Waals surface area contributed by atoms with E-state index in [0.717, 1.165) is 12.1 Å². The molecule has 1 N–H and O–H groups in total. The Morgan fingerprint density at radius 3 is 2.40 bits per heavy atom. The van der Waals surface area contributed by atoms with Crippen molar-refractivity contribution < 1.29 is 32.1 Å². The number of carbonyl (C=O) groups is 2. The van der Waals surface area contributed by atoms with E-state index in [2.05, 4.69) is 0 Å². The predicted octanol–water partition coefficient (Wildman–Crippen LogP) is 1.79.